The van der Waals surface area contributed by atoms with Crippen LogP contribution in [0.4, 0.5) is 11.4 Å². The Morgan fingerprint density at radius 1 is 1.13 bits per heavy atom. The van der Waals surface area contributed by atoms with Crippen LogP contribution in [0.2, 0.25) is 0 Å². The number of ether oxygens (including phenoxy) is 2. The lowest BCUT2D eigenvalue weighted by atomic mass is 10.2. The molecule has 1 saturated heterocycles. The molecule has 1 aromatic heterocycles. The second-order valence-corrected chi connectivity index (χ2v) is 8.15. The molecule has 3 rings (SSSR count). The van der Waals surface area contributed by atoms with Crippen molar-refractivity contribution in [2.24, 2.45) is 0 Å². The van der Waals surface area contributed by atoms with E-state index in [4.69, 9.17) is 9.47 Å². The number of morpholine rings is 1. The van der Waals surface area contributed by atoms with Gasteiger partial charge in [0.2, 0.25) is 0 Å². The lowest BCUT2D eigenvalue weighted by molar-refractivity contribution is -0.152. The molecular weight excluding hydrogens is 406 g/mol. The van der Waals surface area contributed by atoms with Crippen LogP contribution in [0, 0.1) is 6.92 Å². The molecule has 1 atom stereocenters. The van der Waals surface area contributed by atoms with E-state index in [0.29, 0.717) is 23.8 Å². The maximum atomic E-state index is 12.3. The SMILES string of the molecule is Cc1ccc(C(=O)NCC(=O)O[C@@H](C)C(=O)Nc2ccc(N3CCOCC3)cc2)s1. The van der Waals surface area contributed by atoms with Gasteiger partial charge in [-0.2, -0.15) is 0 Å². The van der Waals surface area contributed by atoms with Crippen LogP contribution >= 0.6 is 11.3 Å². The molecule has 160 valence electrons. The molecule has 1 fully saturated rings. The summed E-state index contributed by atoms with van der Waals surface area (Å²) in [4.78, 5) is 39.9. The van der Waals surface area contributed by atoms with Crippen molar-refractivity contribution < 1.29 is 23.9 Å². The summed E-state index contributed by atoms with van der Waals surface area (Å²) in [5.74, 6) is -1.47. The van der Waals surface area contributed by atoms with Crippen molar-refractivity contribution in [1.82, 2.24) is 5.32 Å². The highest BCUT2D eigenvalue weighted by molar-refractivity contribution is 7.13. The predicted octanol–water partition coefficient (Wildman–Crippen LogP) is 2.19. The Morgan fingerprint density at radius 2 is 1.83 bits per heavy atom. The van der Waals surface area contributed by atoms with Gasteiger partial charge in [-0.15, -0.1) is 11.3 Å². The number of hydrogen-bond donors (Lipinski definition) is 2. The van der Waals surface area contributed by atoms with Crippen LogP contribution in [-0.2, 0) is 19.1 Å². The summed E-state index contributed by atoms with van der Waals surface area (Å²) in [6.45, 7) is 6.15. The van der Waals surface area contributed by atoms with Crippen molar-refractivity contribution in [2.45, 2.75) is 20.0 Å². The van der Waals surface area contributed by atoms with Crippen molar-refractivity contribution in [3.05, 3.63) is 46.2 Å². The molecule has 30 heavy (non-hydrogen) atoms. The lowest BCUT2D eigenvalue weighted by Crippen LogP contribution is -2.36. The fraction of sp³-hybridized carbons (Fsp3) is 0.381. The predicted molar refractivity (Wildman–Crippen MR) is 115 cm³/mol. The molecule has 0 aliphatic carbocycles. The smallest absolute Gasteiger partial charge is 0.326 e. The maximum Gasteiger partial charge on any atom is 0.326 e. The van der Waals surface area contributed by atoms with Gasteiger partial charge in [-0.05, 0) is 50.2 Å². The third-order valence-corrected chi connectivity index (χ3v) is 5.55. The zero-order chi connectivity index (χ0) is 21.5. The highest BCUT2D eigenvalue weighted by atomic mass is 32.1. The van der Waals surface area contributed by atoms with Gasteiger partial charge in [0.05, 0.1) is 18.1 Å². The van der Waals surface area contributed by atoms with Gasteiger partial charge in [-0.3, -0.25) is 14.4 Å². The Labute approximate surface area is 179 Å². The summed E-state index contributed by atoms with van der Waals surface area (Å²) in [6.07, 6.45) is -0.989. The second-order valence-electron chi connectivity index (χ2n) is 6.86. The first-order valence-electron chi connectivity index (χ1n) is 9.70. The molecular formula is C21H25N3O5S. The fourth-order valence-electron chi connectivity index (χ4n) is 2.91. The maximum absolute atomic E-state index is 12.3. The summed E-state index contributed by atoms with van der Waals surface area (Å²) in [5.41, 5.74) is 1.67. The molecule has 2 heterocycles. The number of hydrogen-bond acceptors (Lipinski definition) is 7. The number of carbonyl (C=O) groups is 3. The normalized spacial score (nSPS) is 14.7. The van der Waals surface area contributed by atoms with Gasteiger partial charge < -0.3 is 25.0 Å². The molecule has 1 aromatic carbocycles. The number of thiophene rings is 1. The van der Waals surface area contributed by atoms with Crippen LogP contribution in [0.3, 0.4) is 0 Å². The van der Waals surface area contributed by atoms with Gasteiger partial charge >= 0.3 is 5.97 Å². The molecule has 0 unspecified atom stereocenters. The minimum absolute atomic E-state index is 0.304. The van der Waals surface area contributed by atoms with E-state index in [1.54, 1.807) is 18.2 Å². The number of esters is 1. The standard InChI is InChI=1S/C21H25N3O5S/c1-14-3-8-18(30-14)21(27)22-13-19(25)29-15(2)20(26)23-16-4-6-17(7-5-16)24-9-11-28-12-10-24/h3-8,15H,9-13H2,1-2H3,(H,22,27)(H,23,26)/t15-/m0/s1. The first-order valence-corrected chi connectivity index (χ1v) is 10.5. The zero-order valence-electron chi connectivity index (χ0n) is 17.0. The minimum atomic E-state index is -0.989. The highest BCUT2D eigenvalue weighted by Crippen LogP contribution is 2.19. The van der Waals surface area contributed by atoms with Crippen LogP contribution in [0.1, 0.15) is 21.5 Å². The molecule has 8 nitrogen and oxygen atoms in total. The molecule has 2 N–H and O–H groups in total. The Kier molecular flexibility index (Phi) is 7.42. The summed E-state index contributed by atoms with van der Waals surface area (Å²) in [6, 6.07) is 11.0. The largest absolute Gasteiger partial charge is 0.451 e. The van der Waals surface area contributed by atoms with E-state index >= 15 is 0 Å². The summed E-state index contributed by atoms with van der Waals surface area (Å²) >= 11 is 1.34. The zero-order valence-corrected chi connectivity index (χ0v) is 17.8. The Balaban J connectivity index is 1.43. The van der Waals surface area contributed by atoms with Crippen molar-refractivity contribution in [1.29, 1.82) is 0 Å². The molecule has 2 amide bonds. The third-order valence-electron chi connectivity index (χ3n) is 4.55. The summed E-state index contributed by atoms with van der Waals surface area (Å²) < 4.78 is 10.5. The Hall–Kier alpha value is -2.91. The van der Waals surface area contributed by atoms with Gasteiger partial charge in [0.1, 0.15) is 6.54 Å². The van der Waals surface area contributed by atoms with Gasteiger partial charge in [0, 0.05) is 29.3 Å². The topological polar surface area (TPSA) is 97.0 Å². The number of anilines is 2. The molecule has 0 radical (unpaired) electrons. The van der Waals surface area contributed by atoms with Gasteiger partial charge in [0.25, 0.3) is 11.8 Å². The number of aryl methyl sites for hydroxylation is 1. The Bertz CT molecular complexity index is 890. The molecule has 2 aromatic rings. The average molecular weight is 432 g/mol. The molecule has 1 aliphatic heterocycles. The lowest BCUT2D eigenvalue weighted by Gasteiger charge is -2.28. The summed E-state index contributed by atoms with van der Waals surface area (Å²) in [5, 5.41) is 5.22. The van der Waals surface area contributed by atoms with E-state index in [2.05, 4.69) is 15.5 Å². The first-order chi connectivity index (χ1) is 14.4. The monoisotopic (exact) mass is 431 g/mol. The highest BCUT2D eigenvalue weighted by Gasteiger charge is 2.19. The van der Waals surface area contributed by atoms with Crippen LogP contribution in [0.25, 0.3) is 0 Å². The minimum Gasteiger partial charge on any atom is -0.451 e. The second kappa shape index (κ2) is 10.2. The van der Waals surface area contributed by atoms with E-state index < -0.39 is 18.0 Å². The third kappa shape index (κ3) is 6.04. The van der Waals surface area contributed by atoms with Crippen LogP contribution < -0.4 is 15.5 Å². The number of rotatable bonds is 7. The van der Waals surface area contributed by atoms with Gasteiger partial charge in [-0.25, -0.2) is 0 Å². The molecule has 0 bridgehead atoms. The first kappa shape index (κ1) is 21.8. The van der Waals surface area contributed by atoms with E-state index in [9.17, 15) is 14.4 Å². The van der Waals surface area contributed by atoms with Gasteiger partial charge in [-0.1, -0.05) is 0 Å². The Morgan fingerprint density at radius 3 is 2.47 bits per heavy atom. The number of nitrogens with one attached hydrogen (secondary N) is 2. The summed E-state index contributed by atoms with van der Waals surface area (Å²) in [7, 11) is 0. The number of carbonyl (C=O) groups excluding carboxylic acids is 3. The van der Waals surface area contributed by atoms with Crippen molar-refractivity contribution >= 4 is 40.5 Å². The molecule has 0 saturated carbocycles. The van der Waals surface area contributed by atoms with E-state index in [0.717, 1.165) is 23.7 Å². The number of nitrogens with zero attached hydrogens (tertiary/aromatic N) is 1. The van der Waals surface area contributed by atoms with Crippen molar-refractivity contribution in [2.75, 3.05) is 43.1 Å². The van der Waals surface area contributed by atoms with E-state index in [1.165, 1.54) is 18.3 Å². The van der Waals surface area contributed by atoms with Crippen molar-refractivity contribution in [3.63, 3.8) is 0 Å². The van der Waals surface area contributed by atoms with Crippen LogP contribution in [0.5, 0.6) is 0 Å². The average Bonchev–Trinajstić information content (AvgIpc) is 3.19. The number of benzene rings is 1. The van der Waals surface area contributed by atoms with Gasteiger partial charge in [0.15, 0.2) is 6.10 Å². The molecule has 1 aliphatic rings. The quantitative estimate of drug-likeness (QED) is 0.653. The van der Waals surface area contributed by atoms with E-state index in [1.807, 2.05) is 25.1 Å². The van der Waals surface area contributed by atoms with Crippen LogP contribution in [0.15, 0.2) is 36.4 Å². The number of amides is 2. The van der Waals surface area contributed by atoms with Crippen molar-refractivity contribution in [3.8, 4) is 0 Å². The molecule has 9 heteroatoms. The molecule has 0 spiro atoms. The van der Waals surface area contributed by atoms with E-state index in [-0.39, 0.29) is 12.5 Å². The fourth-order valence-corrected chi connectivity index (χ4v) is 3.69. The van der Waals surface area contributed by atoms with Crippen LogP contribution in [-0.4, -0.2) is 56.7 Å².